The fourth-order valence-electron chi connectivity index (χ4n) is 3.02. The predicted molar refractivity (Wildman–Crippen MR) is 100 cm³/mol. The zero-order valence-corrected chi connectivity index (χ0v) is 15.1. The molecule has 1 N–H and O–H groups in total. The minimum atomic E-state index is 0.0659. The van der Waals surface area contributed by atoms with Gasteiger partial charge in [0.25, 0.3) is 0 Å². The highest BCUT2D eigenvalue weighted by Gasteiger charge is 2.22. The summed E-state index contributed by atoms with van der Waals surface area (Å²) in [4.78, 5) is 15.7. The summed E-state index contributed by atoms with van der Waals surface area (Å²) < 4.78 is 5.41. The van der Waals surface area contributed by atoms with Gasteiger partial charge in [0.05, 0.1) is 6.10 Å². The van der Waals surface area contributed by atoms with E-state index in [1.807, 2.05) is 12.1 Å². The number of nitrogens with one attached hydrogen (secondary N) is 1. The van der Waals surface area contributed by atoms with Gasteiger partial charge in [-0.15, -0.1) is 11.3 Å². The topological polar surface area (TPSA) is 41.6 Å². The van der Waals surface area contributed by atoms with Gasteiger partial charge in [0.2, 0.25) is 5.91 Å². The Labute approximate surface area is 147 Å². The Morgan fingerprint density at radius 2 is 2.12 bits per heavy atom. The van der Waals surface area contributed by atoms with Crippen LogP contribution in [-0.2, 0) is 16.0 Å². The zero-order valence-electron chi connectivity index (χ0n) is 14.2. The minimum absolute atomic E-state index is 0.0659. The number of amides is 1. The number of hydrogen-bond donors (Lipinski definition) is 1. The number of anilines is 2. The molecule has 1 aliphatic heterocycles. The fourth-order valence-corrected chi connectivity index (χ4v) is 3.93. The van der Waals surface area contributed by atoms with Crippen LogP contribution in [0.1, 0.15) is 23.3 Å². The van der Waals surface area contributed by atoms with Crippen molar-refractivity contribution in [3.8, 4) is 0 Å². The molecule has 1 fully saturated rings. The first kappa shape index (κ1) is 17.0. The van der Waals surface area contributed by atoms with E-state index < -0.39 is 0 Å². The maximum absolute atomic E-state index is 12.1. The molecule has 24 heavy (non-hydrogen) atoms. The number of benzene rings is 1. The van der Waals surface area contributed by atoms with Gasteiger partial charge in [-0.05, 0) is 61.0 Å². The average Bonchev–Trinajstić information content (AvgIpc) is 3.22. The summed E-state index contributed by atoms with van der Waals surface area (Å²) >= 11 is 1.72. The van der Waals surface area contributed by atoms with Crippen LogP contribution in [0.15, 0.2) is 35.7 Å². The molecular formula is C19H24N2O2S. The lowest BCUT2D eigenvalue weighted by atomic mass is 10.2. The first-order valence-corrected chi connectivity index (χ1v) is 9.24. The Morgan fingerprint density at radius 3 is 2.75 bits per heavy atom. The number of ether oxygens (including phenoxy) is 1. The minimum Gasteiger partial charge on any atom is -0.380 e. The molecule has 0 bridgehead atoms. The Balaban J connectivity index is 1.50. The molecule has 0 aliphatic carbocycles. The third kappa shape index (κ3) is 4.16. The van der Waals surface area contributed by atoms with Crippen LogP contribution in [0, 0.1) is 6.92 Å². The first-order chi connectivity index (χ1) is 11.7. The molecule has 3 rings (SSSR count). The number of hydrogen-bond acceptors (Lipinski definition) is 4. The summed E-state index contributed by atoms with van der Waals surface area (Å²) in [6, 6.07) is 10.2. The zero-order chi connectivity index (χ0) is 16.9. The van der Waals surface area contributed by atoms with E-state index in [-0.39, 0.29) is 5.91 Å². The monoisotopic (exact) mass is 344 g/mol. The molecule has 0 spiro atoms. The number of carbonyl (C=O) groups is 1. The number of rotatable bonds is 6. The number of nitrogens with zero attached hydrogens (tertiary/aromatic N) is 1. The third-order valence-electron chi connectivity index (χ3n) is 4.54. The van der Waals surface area contributed by atoms with E-state index in [2.05, 4.69) is 40.7 Å². The number of thiophene rings is 1. The molecule has 1 aromatic heterocycles. The number of aryl methyl sites for hydroxylation is 2. The van der Waals surface area contributed by atoms with Crippen molar-refractivity contribution >= 4 is 28.6 Å². The quantitative estimate of drug-likeness (QED) is 0.865. The molecule has 1 aliphatic rings. The summed E-state index contributed by atoms with van der Waals surface area (Å²) in [6.45, 7) is 4.04. The van der Waals surface area contributed by atoms with Crippen molar-refractivity contribution in [3.05, 3.63) is 46.2 Å². The van der Waals surface area contributed by atoms with Crippen LogP contribution in [0.5, 0.6) is 0 Å². The van der Waals surface area contributed by atoms with Crippen molar-refractivity contribution in [2.24, 2.45) is 0 Å². The fraction of sp³-hybridized carbons (Fsp3) is 0.421. The number of carbonyl (C=O) groups excluding carboxylic acids is 1. The van der Waals surface area contributed by atoms with Crippen molar-refractivity contribution in [2.45, 2.75) is 32.3 Å². The highest BCUT2D eigenvalue weighted by atomic mass is 32.1. The van der Waals surface area contributed by atoms with Gasteiger partial charge < -0.3 is 15.0 Å². The van der Waals surface area contributed by atoms with Crippen molar-refractivity contribution in [2.75, 3.05) is 30.4 Å². The molecule has 128 valence electrons. The van der Waals surface area contributed by atoms with Crippen LogP contribution in [0.2, 0.25) is 0 Å². The first-order valence-electron chi connectivity index (χ1n) is 8.36. The van der Waals surface area contributed by atoms with E-state index in [1.54, 1.807) is 18.4 Å². The van der Waals surface area contributed by atoms with E-state index >= 15 is 0 Å². The Bertz CT molecular complexity index is 681. The van der Waals surface area contributed by atoms with E-state index in [4.69, 9.17) is 4.74 Å². The Morgan fingerprint density at radius 1 is 1.33 bits per heavy atom. The van der Waals surface area contributed by atoms with Crippen molar-refractivity contribution in [3.63, 3.8) is 0 Å². The molecule has 1 atom stereocenters. The smallest absolute Gasteiger partial charge is 0.224 e. The molecule has 2 heterocycles. The van der Waals surface area contributed by atoms with Gasteiger partial charge in [0.1, 0.15) is 0 Å². The van der Waals surface area contributed by atoms with Gasteiger partial charge in [0.15, 0.2) is 0 Å². The lowest BCUT2D eigenvalue weighted by Gasteiger charge is -2.18. The Kier molecular flexibility index (Phi) is 5.53. The van der Waals surface area contributed by atoms with E-state index in [0.29, 0.717) is 12.5 Å². The summed E-state index contributed by atoms with van der Waals surface area (Å²) in [5.74, 6) is 0.0659. The van der Waals surface area contributed by atoms with Crippen molar-refractivity contribution in [1.29, 1.82) is 0 Å². The van der Waals surface area contributed by atoms with Crippen LogP contribution >= 0.6 is 11.3 Å². The van der Waals surface area contributed by atoms with E-state index in [9.17, 15) is 4.79 Å². The average molecular weight is 344 g/mol. The van der Waals surface area contributed by atoms with E-state index in [1.165, 1.54) is 16.1 Å². The lowest BCUT2D eigenvalue weighted by Crippen LogP contribution is -2.22. The summed E-state index contributed by atoms with van der Waals surface area (Å²) in [7, 11) is 1.77. The molecule has 5 heteroatoms. The molecule has 1 aromatic carbocycles. The lowest BCUT2D eigenvalue weighted by molar-refractivity contribution is -0.116. The van der Waals surface area contributed by atoms with Gasteiger partial charge in [-0.2, -0.15) is 0 Å². The van der Waals surface area contributed by atoms with Gasteiger partial charge >= 0.3 is 0 Å². The normalized spacial score (nSPS) is 17.2. The molecule has 0 saturated carbocycles. The van der Waals surface area contributed by atoms with Crippen LogP contribution in [0.25, 0.3) is 0 Å². The molecule has 2 aromatic rings. The summed E-state index contributed by atoms with van der Waals surface area (Å²) in [5, 5.41) is 5.06. The largest absolute Gasteiger partial charge is 0.380 e. The maximum Gasteiger partial charge on any atom is 0.224 e. The van der Waals surface area contributed by atoms with Crippen LogP contribution in [0.4, 0.5) is 11.4 Å². The number of methoxy groups -OCH3 is 1. The molecule has 4 nitrogen and oxygen atoms in total. The molecule has 0 radical (unpaired) electrons. The van der Waals surface area contributed by atoms with Gasteiger partial charge in [-0.25, -0.2) is 0 Å². The third-order valence-corrected chi connectivity index (χ3v) is 5.62. The summed E-state index contributed by atoms with van der Waals surface area (Å²) in [6.07, 6.45) is 2.71. The van der Waals surface area contributed by atoms with Gasteiger partial charge in [-0.1, -0.05) is 0 Å². The van der Waals surface area contributed by atoms with Crippen molar-refractivity contribution < 1.29 is 9.53 Å². The standard InChI is InChI=1S/C19H24N2O2S/c1-14-10-12-24-18(14)7-8-19(22)20-15-3-5-16(6-4-15)21-11-9-17(13-21)23-2/h3-6,10,12,17H,7-9,11,13H2,1-2H3,(H,20,22)/t17-/m1/s1. The molecule has 0 unspecified atom stereocenters. The van der Waals surface area contributed by atoms with Gasteiger partial charge in [-0.3, -0.25) is 4.79 Å². The van der Waals surface area contributed by atoms with Crippen LogP contribution in [-0.4, -0.2) is 32.2 Å². The summed E-state index contributed by atoms with van der Waals surface area (Å²) in [5.41, 5.74) is 3.31. The van der Waals surface area contributed by atoms with Crippen molar-refractivity contribution in [1.82, 2.24) is 0 Å². The predicted octanol–water partition coefficient (Wildman–Crippen LogP) is 3.85. The molecular weight excluding hydrogens is 320 g/mol. The maximum atomic E-state index is 12.1. The van der Waals surface area contributed by atoms with Gasteiger partial charge in [0, 0.05) is 42.9 Å². The second kappa shape index (κ2) is 7.81. The van der Waals surface area contributed by atoms with Crippen LogP contribution < -0.4 is 10.2 Å². The van der Waals surface area contributed by atoms with E-state index in [0.717, 1.165) is 31.6 Å². The highest BCUT2D eigenvalue weighted by Crippen LogP contribution is 2.23. The second-order valence-electron chi connectivity index (χ2n) is 6.21. The highest BCUT2D eigenvalue weighted by molar-refractivity contribution is 7.10. The SMILES string of the molecule is CO[C@@H]1CCN(c2ccc(NC(=O)CCc3sccc3C)cc2)C1. The molecule has 1 saturated heterocycles. The Hall–Kier alpha value is -1.85. The second-order valence-corrected chi connectivity index (χ2v) is 7.21. The molecule has 1 amide bonds. The van der Waals surface area contributed by atoms with Crippen LogP contribution in [0.3, 0.4) is 0 Å².